The van der Waals surface area contributed by atoms with Crippen molar-refractivity contribution < 1.29 is 4.79 Å². The molecule has 5 heteroatoms. The number of amides is 1. The topological polar surface area (TPSA) is 59.0 Å². The molecule has 0 aliphatic rings. The lowest BCUT2D eigenvalue weighted by Gasteiger charge is -2.09. The van der Waals surface area contributed by atoms with Crippen molar-refractivity contribution in [3.63, 3.8) is 0 Å². The molecule has 2 heterocycles. The molecule has 16 heavy (non-hydrogen) atoms. The average molecular weight is 216 g/mol. The molecular weight excluding hydrogens is 204 g/mol. The highest BCUT2D eigenvalue weighted by atomic mass is 16.2. The molecule has 0 saturated heterocycles. The highest BCUT2D eigenvalue weighted by Crippen LogP contribution is 2.11. The van der Waals surface area contributed by atoms with Crippen LogP contribution in [0.15, 0.2) is 18.5 Å². The summed E-state index contributed by atoms with van der Waals surface area (Å²) in [6.45, 7) is 1.81. The van der Waals surface area contributed by atoms with Crippen LogP contribution in [-0.2, 0) is 0 Å². The summed E-state index contributed by atoms with van der Waals surface area (Å²) in [5.74, 6) is 0.599. The quantitative estimate of drug-likeness (QED) is 0.714. The SMILES string of the molecule is Cc1ncc2cc(C(=O)N(C)C)cnc2n1. The van der Waals surface area contributed by atoms with Crippen LogP contribution in [0.2, 0.25) is 0 Å². The van der Waals surface area contributed by atoms with Gasteiger partial charge in [0, 0.05) is 31.9 Å². The minimum absolute atomic E-state index is 0.0741. The Labute approximate surface area is 93.2 Å². The van der Waals surface area contributed by atoms with E-state index in [0.29, 0.717) is 17.0 Å². The highest BCUT2D eigenvalue weighted by molar-refractivity contribution is 5.96. The lowest BCUT2D eigenvalue weighted by molar-refractivity contribution is 0.0827. The highest BCUT2D eigenvalue weighted by Gasteiger charge is 2.09. The fourth-order valence-corrected chi connectivity index (χ4v) is 1.38. The van der Waals surface area contributed by atoms with Crippen LogP contribution in [-0.4, -0.2) is 39.9 Å². The van der Waals surface area contributed by atoms with Gasteiger partial charge in [0.2, 0.25) is 0 Å². The zero-order valence-electron chi connectivity index (χ0n) is 9.43. The molecule has 0 unspecified atom stereocenters. The fraction of sp³-hybridized carbons (Fsp3) is 0.273. The van der Waals surface area contributed by atoms with E-state index < -0.39 is 0 Å². The van der Waals surface area contributed by atoms with Crippen molar-refractivity contribution in [2.75, 3.05) is 14.1 Å². The minimum atomic E-state index is -0.0741. The van der Waals surface area contributed by atoms with Crippen LogP contribution in [0.5, 0.6) is 0 Å². The second-order valence-electron chi connectivity index (χ2n) is 3.75. The molecule has 5 nitrogen and oxygen atoms in total. The van der Waals surface area contributed by atoms with Crippen molar-refractivity contribution in [3.05, 3.63) is 29.8 Å². The van der Waals surface area contributed by atoms with Gasteiger partial charge in [-0.2, -0.15) is 0 Å². The molecule has 0 saturated carbocycles. The van der Waals surface area contributed by atoms with Gasteiger partial charge < -0.3 is 4.90 Å². The number of pyridine rings is 1. The van der Waals surface area contributed by atoms with Crippen molar-refractivity contribution in [2.24, 2.45) is 0 Å². The normalized spacial score (nSPS) is 10.4. The van der Waals surface area contributed by atoms with Crippen molar-refractivity contribution in [1.29, 1.82) is 0 Å². The number of aryl methyl sites for hydroxylation is 1. The predicted octanol–water partition coefficient (Wildman–Crippen LogP) is 1.04. The molecule has 0 radical (unpaired) electrons. The summed E-state index contributed by atoms with van der Waals surface area (Å²) in [7, 11) is 3.41. The predicted molar refractivity (Wildman–Crippen MR) is 60.1 cm³/mol. The van der Waals surface area contributed by atoms with Gasteiger partial charge in [-0.1, -0.05) is 0 Å². The summed E-state index contributed by atoms with van der Waals surface area (Å²) in [4.78, 5) is 25.6. The first-order chi connectivity index (χ1) is 7.58. The Hall–Kier alpha value is -2.04. The Morgan fingerprint density at radius 1 is 1.25 bits per heavy atom. The maximum absolute atomic E-state index is 11.7. The van der Waals surface area contributed by atoms with Gasteiger partial charge in [0.15, 0.2) is 5.65 Å². The molecule has 2 rings (SSSR count). The zero-order valence-corrected chi connectivity index (χ0v) is 9.43. The minimum Gasteiger partial charge on any atom is -0.345 e. The van der Waals surface area contributed by atoms with Gasteiger partial charge in [-0.25, -0.2) is 15.0 Å². The molecule has 2 aromatic rings. The van der Waals surface area contributed by atoms with Gasteiger partial charge in [0.1, 0.15) is 5.82 Å². The van der Waals surface area contributed by atoms with Gasteiger partial charge in [-0.15, -0.1) is 0 Å². The van der Waals surface area contributed by atoms with Crippen molar-refractivity contribution in [1.82, 2.24) is 19.9 Å². The first kappa shape index (κ1) is 10.5. The monoisotopic (exact) mass is 216 g/mol. The van der Waals surface area contributed by atoms with Gasteiger partial charge in [0.25, 0.3) is 5.91 Å². The molecular formula is C11H12N4O. The van der Waals surface area contributed by atoms with Gasteiger partial charge in [-0.3, -0.25) is 4.79 Å². The molecule has 0 N–H and O–H groups in total. The summed E-state index contributed by atoms with van der Waals surface area (Å²) < 4.78 is 0. The molecule has 0 aliphatic carbocycles. The van der Waals surface area contributed by atoms with Crippen LogP contribution >= 0.6 is 0 Å². The second-order valence-corrected chi connectivity index (χ2v) is 3.75. The number of carbonyl (C=O) groups excluding carboxylic acids is 1. The maximum Gasteiger partial charge on any atom is 0.254 e. The zero-order chi connectivity index (χ0) is 11.7. The van der Waals surface area contributed by atoms with Crippen LogP contribution < -0.4 is 0 Å². The summed E-state index contributed by atoms with van der Waals surface area (Å²) >= 11 is 0. The Bertz CT molecular complexity index is 551. The molecule has 0 bridgehead atoms. The Morgan fingerprint density at radius 3 is 2.69 bits per heavy atom. The standard InChI is InChI=1S/C11H12N4O/c1-7-12-5-8-4-9(11(16)15(2)3)6-13-10(8)14-7/h4-6H,1-3H3. The number of rotatable bonds is 1. The van der Waals surface area contributed by atoms with E-state index in [-0.39, 0.29) is 5.91 Å². The van der Waals surface area contributed by atoms with Crippen molar-refractivity contribution >= 4 is 16.9 Å². The van der Waals surface area contributed by atoms with Crippen LogP contribution in [0.4, 0.5) is 0 Å². The molecule has 0 atom stereocenters. The van der Waals surface area contributed by atoms with Gasteiger partial charge in [-0.05, 0) is 13.0 Å². The van der Waals surface area contributed by atoms with E-state index in [2.05, 4.69) is 15.0 Å². The van der Waals surface area contributed by atoms with Gasteiger partial charge >= 0.3 is 0 Å². The number of aromatic nitrogens is 3. The largest absolute Gasteiger partial charge is 0.345 e. The summed E-state index contributed by atoms with van der Waals surface area (Å²) in [5.41, 5.74) is 1.16. The third kappa shape index (κ3) is 1.84. The number of fused-ring (bicyclic) bond motifs is 1. The summed E-state index contributed by atoms with van der Waals surface area (Å²) in [5, 5.41) is 0.776. The van der Waals surface area contributed by atoms with E-state index in [0.717, 1.165) is 5.39 Å². The van der Waals surface area contributed by atoms with Crippen molar-refractivity contribution in [2.45, 2.75) is 6.92 Å². The van der Waals surface area contributed by atoms with Crippen LogP contribution in [0.3, 0.4) is 0 Å². The van der Waals surface area contributed by atoms with Crippen LogP contribution in [0.1, 0.15) is 16.2 Å². The molecule has 0 aliphatic heterocycles. The Morgan fingerprint density at radius 2 is 2.00 bits per heavy atom. The number of hydrogen-bond donors (Lipinski definition) is 0. The average Bonchev–Trinajstić information content (AvgIpc) is 2.27. The Balaban J connectivity index is 2.52. The Kier molecular flexibility index (Phi) is 2.52. The summed E-state index contributed by atoms with van der Waals surface area (Å²) in [6, 6.07) is 1.75. The van der Waals surface area contributed by atoms with Gasteiger partial charge in [0.05, 0.1) is 5.56 Å². The molecule has 0 aromatic carbocycles. The van der Waals surface area contributed by atoms with E-state index in [9.17, 15) is 4.79 Å². The van der Waals surface area contributed by atoms with E-state index in [1.807, 2.05) is 0 Å². The fourth-order valence-electron chi connectivity index (χ4n) is 1.38. The molecule has 0 fully saturated rings. The van der Waals surface area contributed by atoms with E-state index >= 15 is 0 Å². The summed E-state index contributed by atoms with van der Waals surface area (Å²) in [6.07, 6.45) is 3.22. The smallest absolute Gasteiger partial charge is 0.254 e. The number of nitrogens with zero attached hydrogens (tertiary/aromatic N) is 4. The number of hydrogen-bond acceptors (Lipinski definition) is 4. The number of carbonyl (C=O) groups is 1. The van der Waals surface area contributed by atoms with Crippen molar-refractivity contribution in [3.8, 4) is 0 Å². The second kappa shape index (κ2) is 3.84. The lowest BCUT2D eigenvalue weighted by atomic mass is 10.2. The lowest BCUT2D eigenvalue weighted by Crippen LogP contribution is -2.21. The van der Waals surface area contributed by atoms with E-state index in [1.54, 1.807) is 33.3 Å². The first-order valence-electron chi connectivity index (χ1n) is 4.89. The van der Waals surface area contributed by atoms with E-state index in [1.165, 1.54) is 11.1 Å². The molecule has 82 valence electrons. The van der Waals surface area contributed by atoms with E-state index in [4.69, 9.17) is 0 Å². The van der Waals surface area contributed by atoms with Crippen LogP contribution in [0.25, 0.3) is 11.0 Å². The third-order valence-electron chi connectivity index (χ3n) is 2.21. The maximum atomic E-state index is 11.7. The molecule has 1 amide bonds. The third-order valence-corrected chi connectivity index (χ3v) is 2.21. The molecule has 0 spiro atoms. The first-order valence-corrected chi connectivity index (χ1v) is 4.89. The van der Waals surface area contributed by atoms with Crippen LogP contribution in [0, 0.1) is 6.92 Å². The molecule has 2 aromatic heterocycles.